The molecule has 0 saturated carbocycles. The van der Waals surface area contributed by atoms with E-state index in [9.17, 15) is 18.0 Å². The van der Waals surface area contributed by atoms with E-state index < -0.39 is 21.9 Å². The number of rotatable bonds is 6. The number of hydrogen-bond acceptors (Lipinski definition) is 6. The molecule has 0 aliphatic carbocycles. The monoisotopic (exact) mass is 472 g/mol. The van der Waals surface area contributed by atoms with Crippen molar-refractivity contribution in [3.8, 4) is 0 Å². The molecule has 1 aliphatic heterocycles. The van der Waals surface area contributed by atoms with Crippen LogP contribution in [0, 0.1) is 0 Å². The fourth-order valence-corrected chi connectivity index (χ4v) is 6.35. The van der Waals surface area contributed by atoms with Crippen LogP contribution in [0.2, 0.25) is 0 Å². The van der Waals surface area contributed by atoms with Crippen LogP contribution < -0.4 is 5.32 Å². The smallest absolute Gasteiger partial charge is 0.341 e. The highest BCUT2D eigenvalue weighted by molar-refractivity contribution is 7.89. The third-order valence-electron chi connectivity index (χ3n) is 5.37. The number of anilines is 1. The van der Waals surface area contributed by atoms with Crippen LogP contribution in [0.4, 0.5) is 5.00 Å². The van der Waals surface area contributed by atoms with E-state index >= 15 is 0 Å². The van der Waals surface area contributed by atoms with Gasteiger partial charge in [-0.3, -0.25) is 4.79 Å². The van der Waals surface area contributed by atoms with E-state index in [2.05, 4.69) is 5.32 Å². The first kappa shape index (κ1) is 22.4. The molecule has 1 fully saturated rings. The molecule has 2 heterocycles. The summed E-state index contributed by atoms with van der Waals surface area (Å²) >= 11 is 1.29. The van der Waals surface area contributed by atoms with Gasteiger partial charge >= 0.3 is 5.97 Å². The first-order valence-corrected chi connectivity index (χ1v) is 12.8. The second-order valence-electron chi connectivity index (χ2n) is 7.47. The van der Waals surface area contributed by atoms with Gasteiger partial charge in [0.05, 0.1) is 11.5 Å². The standard InChI is InChI=1S/C23H24N2O5S2/c1-2-30-23(27)20-18-8-4-5-9-19(18)31-22(20)24-21(26)16-10-12-17(13-11-16)32(28,29)25-14-6-3-7-15-25/h4-5,8-13H,2-3,6-7,14-15H2,1H3,(H,24,26). The van der Waals surface area contributed by atoms with Crippen LogP contribution >= 0.6 is 11.3 Å². The van der Waals surface area contributed by atoms with Crippen LogP contribution in [0.5, 0.6) is 0 Å². The van der Waals surface area contributed by atoms with Crippen LogP contribution in [-0.2, 0) is 14.8 Å². The van der Waals surface area contributed by atoms with Gasteiger partial charge in [0.2, 0.25) is 10.0 Å². The zero-order valence-corrected chi connectivity index (χ0v) is 19.3. The Morgan fingerprint density at radius 3 is 2.41 bits per heavy atom. The molecule has 0 bridgehead atoms. The maximum Gasteiger partial charge on any atom is 0.341 e. The van der Waals surface area contributed by atoms with Crippen molar-refractivity contribution in [1.29, 1.82) is 0 Å². The third-order valence-corrected chi connectivity index (χ3v) is 8.37. The number of nitrogens with one attached hydrogen (secondary N) is 1. The fraction of sp³-hybridized carbons (Fsp3) is 0.304. The molecule has 0 atom stereocenters. The summed E-state index contributed by atoms with van der Waals surface area (Å²) < 4.78 is 33.2. The van der Waals surface area contributed by atoms with Crippen molar-refractivity contribution in [3.05, 3.63) is 59.7 Å². The average molecular weight is 473 g/mol. The molecule has 168 valence electrons. The summed E-state index contributed by atoms with van der Waals surface area (Å²) in [6.45, 7) is 2.99. The predicted octanol–water partition coefficient (Wildman–Crippen LogP) is 4.50. The number of benzene rings is 2. The summed E-state index contributed by atoms with van der Waals surface area (Å²) in [4.78, 5) is 25.6. The highest BCUT2D eigenvalue weighted by Gasteiger charge is 2.26. The summed E-state index contributed by atoms with van der Waals surface area (Å²) in [5.41, 5.74) is 0.625. The minimum Gasteiger partial charge on any atom is -0.462 e. The highest BCUT2D eigenvalue weighted by atomic mass is 32.2. The van der Waals surface area contributed by atoms with Gasteiger partial charge in [-0.25, -0.2) is 13.2 Å². The van der Waals surface area contributed by atoms with Crippen LogP contribution in [-0.4, -0.2) is 44.3 Å². The van der Waals surface area contributed by atoms with Crippen molar-refractivity contribution >= 4 is 48.3 Å². The lowest BCUT2D eigenvalue weighted by Gasteiger charge is -2.25. The first-order valence-electron chi connectivity index (χ1n) is 10.5. The lowest BCUT2D eigenvalue weighted by Crippen LogP contribution is -2.35. The fourth-order valence-electron chi connectivity index (χ4n) is 3.75. The van der Waals surface area contributed by atoms with Gasteiger partial charge in [-0.2, -0.15) is 4.31 Å². The van der Waals surface area contributed by atoms with Gasteiger partial charge in [-0.1, -0.05) is 24.6 Å². The zero-order valence-electron chi connectivity index (χ0n) is 17.7. The number of amides is 1. The molecule has 32 heavy (non-hydrogen) atoms. The number of esters is 1. The molecule has 1 amide bonds. The Morgan fingerprint density at radius 2 is 1.72 bits per heavy atom. The number of nitrogens with zero attached hydrogens (tertiary/aromatic N) is 1. The predicted molar refractivity (Wildman–Crippen MR) is 125 cm³/mol. The zero-order chi connectivity index (χ0) is 22.7. The number of carbonyl (C=O) groups is 2. The van der Waals surface area contributed by atoms with Gasteiger partial charge in [-0.05, 0) is 50.1 Å². The Hall–Kier alpha value is -2.75. The molecule has 1 aromatic heterocycles. The number of thiophene rings is 1. The van der Waals surface area contributed by atoms with Gasteiger partial charge in [0, 0.05) is 28.7 Å². The van der Waals surface area contributed by atoms with Crippen molar-refractivity contribution < 1.29 is 22.7 Å². The lowest BCUT2D eigenvalue weighted by molar-refractivity contribution is 0.0530. The Kier molecular flexibility index (Phi) is 6.59. The average Bonchev–Trinajstić information content (AvgIpc) is 3.17. The maximum absolute atomic E-state index is 12.9. The van der Waals surface area contributed by atoms with E-state index in [4.69, 9.17) is 4.74 Å². The van der Waals surface area contributed by atoms with Crippen molar-refractivity contribution in [3.63, 3.8) is 0 Å². The van der Waals surface area contributed by atoms with Gasteiger partial charge in [0.25, 0.3) is 5.91 Å². The molecule has 0 radical (unpaired) electrons. The topological polar surface area (TPSA) is 92.8 Å². The minimum atomic E-state index is -3.56. The van der Waals surface area contributed by atoms with E-state index in [0.717, 1.165) is 24.0 Å². The molecule has 2 aromatic carbocycles. The van der Waals surface area contributed by atoms with Gasteiger partial charge in [0.15, 0.2) is 0 Å². The number of carbonyl (C=O) groups excluding carboxylic acids is 2. The number of ether oxygens (including phenoxy) is 1. The summed E-state index contributed by atoms with van der Waals surface area (Å²) in [6.07, 6.45) is 2.76. The van der Waals surface area contributed by atoms with Crippen molar-refractivity contribution in [2.75, 3.05) is 25.0 Å². The second kappa shape index (κ2) is 9.40. The molecule has 1 saturated heterocycles. The van der Waals surface area contributed by atoms with E-state index in [0.29, 0.717) is 34.6 Å². The molecule has 3 aromatic rings. The van der Waals surface area contributed by atoms with Crippen LogP contribution in [0.15, 0.2) is 53.4 Å². The Bertz CT molecular complexity index is 1240. The number of fused-ring (bicyclic) bond motifs is 1. The molecule has 1 N–H and O–H groups in total. The maximum atomic E-state index is 12.9. The number of piperidine rings is 1. The minimum absolute atomic E-state index is 0.171. The van der Waals surface area contributed by atoms with E-state index in [1.165, 1.54) is 39.9 Å². The molecule has 0 spiro atoms. The highest BCUT2D eigenvalue weighted by Crippen LogP contribution is 2.36. The van der Waals surface area contributed by atoms with Gasteiger partial charge in [-0.15, -0.1) is 11.3 Å². The number of sulfonamides is 1. The summed E-state index contributed by atoms with van der Waals surface area (Å²) in [5.74, 6) is -0.924. The SMILES string of the molecule is CCOC(=O)c1c(NC(=O)c2ccc(S(=O)(=O)N3CCCCC3)cc2)sc2ccccc12. The molecule has 0 unspecified atom stereocenters. The van der Waals surface area contributed by atoms with Crippen molar-refractivity contribution in [2.24, 2.45) is 0 Å². The molecule has 1 aliphatic rings. The largest absolute Gasteiger partial charge is 0.462 e. The number of hydrogen-bond donors (Lipinski definition) is 1. The van der Waals surface area contributed by atoms with Crippen LogP contribution in [0.25, 0.3) is 10.1 Å². The molecular formula is C23H24N2O5S2. The molecule has 7 nitrogen and oxygen atoms in total. The van der Waals surface area contributed by atoms with Gasteiger partial charge in [0.1, 0.15) is 10.6 Å². The summed E-state index contributed by atoms with van der Waals surface area (Å²) in [6, 6.07) is 13.3. The third kappa shape index (κ3) is 4.41. The van der Waals surface area contributed by atoms with Crippen molar-refractivity contribution in [1.82, 2.24) is 4.31 Å². The Labute approximate surface area is 191 Å². The first-order chi connectivity index (χ1) is 15.4. The van der Waals surface area contributed by atoms with E-state index in [1.807, 2.05) is 24.3 Å². The van der Waals surface area contributed by atoms with Crippen LogP contribution in [0.1, 0.15) is 46.9 Å². The Balaban J connectivity index is 1.58. The molecule has 9 heteroatoms. The van der Waals surface area contributed by atoms with Crippen molar-refractivity contribution in [2.45, 2.75) is 31.1 Å². The normalized spacial score (nSPS) is 14.9. The summed E-state index contributed by atoms with van der Waals surface area (Å²) in [7, 11) is -3.56. The van der Waals surface area contributed by atoms with Gasteiger partial charge < -0.3 is 10.1 Å². The quantitative estimate of drug-likeness (QED) is 0.533. The van der Waals surface area contributed by atoms with E-state index in [-0.39, 0.29) is 11.5 Å². The second-order valence-corrected chi connectivity index (χ2v) is 10.5. The molecular weight excluding hydrogens is 448 g/mol. The lowest BCUT2D eigenvalue weighted by atomic mass is 10.1. The van der Waals surface area contributed by atoms with E-state index in [1.54, 1.807) is 6.92 Å². The Morgan fingerprint density at radius 1 is 1.03 bits per heavy atom. The van der Waals surface area contributed by atoms with Crippen LogP contribution in [0.3, 0.4) is 0 Å². The molecule has 4 rings (SSSR count). The summed E-state index contributed by atoms with van der Waals surface area (Å²) in [5, 5.41) is 3.92.